The van der Waals surface area contributed by atoms with E-state index in [2.05, 4.69) is 11.4 Å². The van der Waals surface area contributed by atoms with Crippen LogP contribution in [-0.4, -0.2) is 31.7 Å². The highest BCUT2D eigenvalue weighted by molar-refractivity contribution is 7.89. The van der Waals surface area contributed by atoms with Gasteiger partial charge in [0.25, 0.3) is 0 Å². The zero-order valence-electron chi connectivity index (χ0n) is 17.0. The van der Waals surface area contributed by atoms with Gasteiger partial charge in [0.15, 0.2) is 0 Å². The van der Waals surface area contributed by atoms with Gasteiger partial charge in [0.1, 0.15) is 0 Å². The molecule has 0 radical (unpaired) electrons. The van der Waals surface area contributed by atoms with Gasteiger partial charge in [-0.25, -0.2) is 8.42 Å². The zero-order chi connectivity index (χ0) is 21.2. The summed E-state index contributed by atoms with van der Waals surface area (Å²) < 4.78 is 27.3. The molecule has 0 bridgehead atoms. The van der Waals surface area contributed by atoms with Crippen LogP contribution in [-0.2, 0) is 14.8 Å². The van der Waals surface area contributed by atoms with Crippen LogP contribution in [0.3, 0.4) is 0 Å². The molecule has 1 aliphatic heterocycles. The number of benzene rings is 2. The summed E-state index contributed by atoms with van der Waals surface area (Å²) in [5.41, 5.74) is 3.39. The van der Waals surface area contributed by atoms with Crippen molar-refractivity contribution in [3.05, 3.63) is 64.2 Å². The first kappa shape index (κ1) is 21.8. The fraction of sp³-hybridized carbons (Fsp3) is 0.409. The maximum absolute atomic E-state index is 12.9. The highest BCUT2D eigenvalue weighted by Crippen LogP contribution is 2.26. The summed E-state index contributed by atoms with van der Waals surface area (Å²) >= 11 is 5.87. The highest BCUT2D eigenvalue weighted by atomic mass is 35.5. The van der Waals surface area contributed by atoms with Gasteiger partial charge in [-0.1, -0.05) is 35.4 Å². The molecular formula is C22H27ClN2O3S. The van der Waals surface area contributed by atoms with E-state index in [1.54, 1.807) is 12.1 Å². The molecule has 0 saturated carbocycles. The van der Waals surface area contributed by atoms with Crippen molar-refractivity contribution >= 4 is 27.5 Å². The summed E-state index contributed by atoms with van der Waals surface area (Å²) in [5.74, 6) is -0.465. The Morgan fingerprint density at radius 1 is 1.17 bits per heavy atom. The Bertz CT molecular complexity index is 990. The SMILES string of the molecule is Cc1ccc(C(C)NC(=O)C2CCCN(S(=O)(=O)c3ccc(Cl)cc3)C2)c(C)c1. The van der Waals surface area contributed by atoms with Crippen molar-refractivity contribution < 1.29 is 13.2 Å². The van der Waals surface area contributed by atoms with E-state index in [9.17, 15) is 13.2 Å². The van der Waals surface area contributed by atoms with Crippen molar-refractivity contribution in [1.82, 2.24) is 9.62 Å². The Morgan fingerprint density at radius 3 is 2.52 bits per heavy atom. The van der Waals surface area contributed by atoms with Crippen LogP contribution < -0.4 is 5.32 Å². The Kier molecular flexibility index (Phi) is 6.66. The average Bonchev–Trinajstić information content (AvgIpc) is 2.68. The number of carbonyl (C=O) groups is 1. The summed E-state index contributed by atoms with van der Waals surface area (Å²) in [7, 11) is -3.64. The molecular weight excluding hydrogens is 408 g/mol. The number of rotatable bonds is 5. The van der Waals surface area contributed by atoms with E-state index in [0.717, 1.165) is 11.1 Å². The lowest BCUT2D eigenvalue weighted by atomic mass is 9.96. The van der Waals surface area contributed by atoms with E-state index in [1.807, 2.05) is 32.9 Å². The van der Waals surface area contributed by atoms with Crippen molar-refractivity contribution in [2.45, 2.75) is 44.6 Å². The molecule has 2 unspecified atom stereocenters. The smallest absolute Gasteiger partial charge is 0.243 e. The van der Waals surface area contributed by atoms with E-state index in [0.29, 0.717) is 24.4 Å². The third-order valence-electron chi connectivity index (χ3n) is 5.46. The monoisotopic (exact) mass is 434 g/mol. The fourth-order valence-electron chi connectivity index (χ4n) is 3.85. The molecule has 1 amide bonds. The third kappa shape index (κ3) is 5.00. The summed E-state index contributed by atoms with van der Waals surface area (Å²) in [4.78, 5) is 13.1. The normalized spacial score (nSPS) is 19.0. The number of piperidine rings is 1. The minimum atomic E-state index is -3.64. The first-order valence-electron chi connectivity index (χ1n) is 9.81. The maximum Gasteiger partial charge on any atom is 0.243 e. The molecule has 2 aromatic rings. The van der Waals surface area contributed by atoms with Gasteiger partial charge in [0.05, 0.1) is 16.9 Å². The van der Waals surface area contributed by atoms with Gasteiger partial charge in [-0.15, -0.1) is 0 Å². The van der Waals surface area contributed by atoms with Crippen molar-refractivity contribution in [2.24, 2.45) is 5.92 Å². The molecule has 2 atom stereocenters. The summed E-state index contributed by atoms with van der Waals surface area (Å²) in [6.45, 7) is 6.64. The molecule has 156 valence electrons. The minimum Gasteiger partial charge on any atom is -0.349 e. The van der Waals surface area contributed by atoms with Crippen LogP contribution in [0, 0.1) is 19.8 Å². The number of amides is 1. The van der Waals surface area contributed by atoms with E-state index in [-0.39, 0.29) is 29.3 Å². The minimum absolute atomic E-state index is 0.103. The summed E-state index contributed by atoms with van der Waals surface area (Å²) in [6, 6.07) is 12.2. The Balaban J connectivity index is 1.69. The zero-order valence-corrected chi connectivity index (χ0v) is 18.6. The number of nitrogens with one attached hydrogen (secondary N) is 1. The maximum atomic E-state index is 12.9. The number of hydrogen-bond donors (Lipinski definition) is 1. The summed E-state index contributed by atoms with van der Waals surface area (Å²) in [6.07, 6.45) is 1.33. The molecule has 5 nitrogen and oxygen atoms in total. The van der Waals surface area contributed by atoms with Crippen LogP contribution in [0.2, 0.25) is 5.02 Å². The topological polar surface area (TPSA) is 66.5 Å². The van der Waals surface area contributed by atoms with Crippen molar-refractivity contribution in [3.8, 4) is 0 Å². The van der Waals surface area contributed by atoms with Crippen LogP contribution >= 0.6 is 11.6 Å². The van der Waals surface area contributed by atoms with Crippen LogP contribution in [0.1, 0.15) is 42.5 Å². The first-order chi connectivity index (χ1) is 13.7. The molecule has 2 aromatic carbocycles. The van der Waals surface area contributed by atoms with Gasteiger partial charge in [-0.2, -0.15) is 4.31 Å². The van der Waals surface area contributed by atoms with E-state index in [4.69, 9.17) is 11.6 Å². The van der Waals surface area contributed by atoms with E-state index >= 15 is 0 Å². The molecule has 1 saturated heterocycles. The second-order valence-corrected chi connectivity index (χ2v) is 10.1. The lowest BCUT2D eigenvalue weighted by Crippen LogP contribution is -2.45. The van der Waals surface area contributed by atoms with Crippen molar-refractivity contribution in [3.63, 3.8) is 0 Å². The molecule has 1 N–H and O–H groups in total. The Morgan fingerprint density at radius 2 is 1.86 bits per heavy atom. The predicted octanol–water partition coefficient (Wildman–Crippen LogP) is 4.23. The summed E-state index contributed by atoms with van der Waals surface area (Å²) in [5, 5.41) is 3.55. The first-order valence-corrected chi connectivity index (χ1v) is 11.6. The van der Waals surface area contributed by atoms with Gasteiger partial charge >= 0.3 is 0 Å². The number of hydrogen-bond acceptors (Lipinski definition) is 3. The molecule has 0 aromatic heterocycles. The van der Waals surface area contributed by atoms with E-state index < -0.39 is 10.0 Å². The quantitative estimate of drug-likeness (QED) is 0.765. The van der Waals surface area contributed by atoms with Gasteiger partial charge in [0, 0.05) is 18.1 Å². The van der Waals surface area contributed by atoms with Gasteiger partial charge in [-0.05, 0) is 69.0 Å². The molecule has 29 heavy (non-hydrogen) atoms. The van der Waals surface area contributed by atoms with Crippen LogP contribution in [0.5, 0.6) is 0 Å². The van der Waals surface area contributed by atoms with Crippen LogP contribution in [0.4, 0.5) is 0 Å². The number of sulfonamides is 1. The molecule has 0 aliphatic carbocycles. The highest BCUT2D eigenvalue weighted by Gasteiger charge is 2.33. The van der Waals surface area contributed by atoms with Crippen molar-refractivity contribution in [1.29, 1.82) is 0 Å². The number of halogens is 1. The standard InChI is InChI=1S/C22H27ClN2O3S/c1-15-6-11-21(16(2)13-15)17(3)24-22(26)18-5-4-12-25(14-18)29(27,28)20-9-7-19(23)8-10-20/h6-11,13,17-18H,4-5,12,14H2,1-3H3,(H,24,26). The van der Waals surface area contributed by atoms with Crippen LogP contribution in [0.25, 0.3) is 0 Å². The average molecular weight is 435 g/mol. The van der Waals surface area contributed by atoms with Gasteiger partial charge in [0.2, 0.25) is 15.9 Å². The lowest BCUT2D eigenvalue weighted by molar-refractivity contribution is -0.126. The molecule has 3 rings (SSSR count). The number of carbonyl (C=O) groups excluding carboxylic acids is 1. The molecule has 0 spiro atoms. The molecule has 1 fully saturated rings. The largest absolute Gasteiger partial charge is 0.349 e. The third-order valence-corrected chi connectivity index (χ3v) is 7.59. The Hall–Kier alpha value is -1.89. The second-order valence-electron chi connectivity index (χ2n) is 7.75. The molecule has 1 aliphatic rings. The van der Waals surface area contributed by atoms with Gasteiger partial charge in [-0.3, -0.25) is 4.79 Å². The number of aryl methyl sites for hydroxylation is 2. The van der Waals surface area contributed by atoms with Gasteiger partial charge < -0.3 is 5.32 Å². The second kappa shape index (κ2) is 8.86. The van der Waals surface area contributed by atoms with Crippen LogP contribution in [0.15, 0.2) is 47.4 Å². The van der Waals surface area contributed by atoms with E-state index in [1.165, 1.54) is 22.0 Å². The predicted molar refractivity (Wildman–Crippen MR) is 115 cm³/mol. The molecule has 7 heteroatoms. The fourth-order valence-corrected chi connectivity index (χ4v) is 5.50. The van der Waals surface area contributed by atoms with Crippen molar-refractivity contribution in [2.75, 3.05) is 13.1 Å². The molecule has 1 heterocycles. The number of nitrogens with zero attached hydrogens (tertiary/aromatic N) is 1. The lowest BCUT2D eigenvalue weighted by Gasteiger charge is -2.32. The Labute approximate surface area is 178 Å².